The number of ether oxygens (including phenoxy) is 2. The standard InChI is InChI=1S/C20H15Cl2NO3/c21-18-11-10-17(12-19(18)22)25-13-20(24)23-14-6-8-16(9-7-14)26-15-4-2-1-3-5-15/h1-12H,13H2,(H,23,24). The number of hydrogen-bond acceptors (Lipinski definition) is 3. The van der Waals surface area contributed by atoms with Gasteiger partial charge in [-0.3, -0.25) is 4.79 Å². The third-order valence-electron chi connectivity index (χ3n) is 3.38. The zero-order valence-electron chi connectivity index (χ0n) is 13.6. The summed E-state index contributed by atoms with van der Waals surface area (Å²) in [6.45, 7) is -0.139. The highest BCUT2D eigenvalue weighted by Gasteiger charge is 2.06. The van der Waals surface area contributed by atoms with Gasteiger partial charge in [0, 0.05) is 11.8 Å². The second kappa shape index (κ2) is 8.61. The van der Waals surface area contributed by atoms with Gasteiger partial charge >= 0.3 is 0 Å². The molecular formula is C20H15Cl2NO3. The van der Waals surface area contributed by atoms with Crippen LogP contribution in [0.2, 0.25) is 10.0 Å². The Morgan fingerprint density at radius 2 is 1.46 bits per heavy atom. The fourth-order valence-electron chi connectivity index (χ4n) is 2.14. The van der Waals surface area contributed by atoms with E-state index in [1.54, 1.807) is 42.5 Å². The maximum absolute atomic E-state index is 12.0. The summed E-state index contributed by atoms with van der Waals surface area (Å²) in [5, 5.41) is 3.56. The van der Waals surface area contributed by atoms with Crippen molar-refractivity contribution in [1.29, 1.82) is 0 Å². The van der Waals surface area contributed by atoms with Gasteiger partial charge in [0.1, 0.15) is 17.2 Å². The molecule has 0 atom stereocenters. The zero-order chi connectivity index (χ0) is 18.4. The minimum Gasteiger partial charge on any atom is -0.484 e. The third kappa shape index (κ3) is 5.15. The minimum absolute atomic E-state index is 0.139. The van der Waals surface area contributed by atoms with E-state index in [2.05, 4.69) is 5.32 Å². The van der Waals surface area contributed by atoms with Crippen LogP contribution < -0.4 is 14.8 Å². The van der Waals surface area contributed by atoms with Crippen molar-refractivity contribution in [3.8, 4) is 17.2 Å². The van der Waals surface area contributed by atoms with Gasteiger partial charge in [-0.25, -0.2) is 0 Å². The number of hydrogen-bond donors (Lipinski definition) is 1. The van der Waals surface area contributed by atoms with E-state index in [1.165, 1.54) is 0 Å². The predicted octanol–water partition coefficient (Wildman–Crippen LogP) is 5.80. The Balaban J connectivity index is 1.51. The monoisotopic (exact) mass is 387 g/mol. The van der Waals surface area contributed by atoms with Crippen molar-refractivity contribution in [2.75, 3.05) is 11.9 Å². The first kappa shape index (κ1) is 18.1. The molecule has 0 radical (unpaired) electrons. The number of benzene rings is 3. The van der Waals surface area contributed by atoms with E-state index in [0.29, 0.717) is 27.2 Å². The molecule has 132 valence electrons. The molecule has 0 bridgehead atoms. The van der Waals surface area contributed by atoms with Crippen LogP contribution in [0.4, 0.5) is 5.69 Å². The highest BCUT2D eigenvalue weighted by molar-refractivity contribution is 6.42. The Labute approximate surface area is 161 Å². The number of halogens is 2. The normalized spacial score (nSPS) is 10.2. The minimum atomic E-state index is -0.284. The van der Waals surface area contributed by atoms with Crippen molar-refractivity contribution < 1.29 is 14.3 Å². The Morgan fingerprint density at radius 1 is 0.808 bits per heavy atom. The average molecular weight is 388 g/mol. The van der Waals surface area contributed by atoms with Gasteiger partial charge in [0.15, 0.2) is 6.61 Å². The summed E-state index contributed by atoms with van der Waals surface area (Å²) in [5.41, 5.74) is 0.646. The molecule has 0 saturated carbocycles. The number of anilines is 1. The van der Waals surface area contributed by atoms with Gasteiger partial charge in [-0.1, -0.05) is 41.4 Å². The van der Waals surface area contributed by atoms with Gasteiger partial charge in [-0.05, 0) is 48.5 Å². The van der Waals surface area contributed by atoms with E-state index in [1.807, 2.05) is 30.3 Å². The van der Waals surface area contributed by atoms with Crippen LogP contribution in [0.1, 0.15) is 0 Å². The van der Waals surface area contributed by atoms with Crippen LogP contribution in [-0.4, -0.2) is 12.5 Å². The first-order chi connectivity index (χ1) is 12.6. The molecule has 1 amide bonds. The van der Waals surface area contributed by atoms with Crippen molar-refractivity contribution in [2.24, 2.45) is 0 Å². The number of amides is 1. The molecule has 0 heterocycles. The first-order valence-electron chi connectivity index (χ1n) is 7.81. The fraction of sp³-hybridized carbons (Fsp3) is 0.0500. The summed E-state index contributed by atoms with van der Waals surface area (Å²) in [4.78, 5) is 12.0. The molecule has 0 fully saturated rings. The molecule has 6 heteroatoms. The van der Waals surface area contributed by atoms with Gasteiger partial charge in [0.25, 0.3) is 5.91 Å². The van der Waals surface area contributed by atoms with Crippen LogP contribution in [-0.2, 0) is 4.79 Å². The molecule has 0 aliphatic carbocycles. The summed E-state index contributed by atoms with van der Waals surface area (Å²) in [7, 11) is 0. The van der Waals surface area contributed by atoms with Crippen molar-refractivity contribution in [1.82, 2.24) is 0 Å². The van der Waals surface area contributed by atoms with Crippen LogP contribution in [0, 0.1) is 0 Å². The van der Waals surface area contributed by atoms with E-state index in [9.17, 15) is 4.79 Å². The molecule has 0 saturated heterocycles. The highest BCUT2D eigenvalue weighted by Crippen LogP contribution is 2.26. The summed E-state index contributed by atoms with van der Waals surface area (Å²) in [5.74, 6) is 1.62. The number of para-hydroxylation sites is 1. The van der Waals surface area contributed by atoms with Crippen LogP contribution in [0.25, 0.3) is 0 Å². The van der Waals surface area contributed by atoms with E-state index < -0.39 is 0 Å². The van der Waals surface area contributed by atoms with Crippen LogP contribution in [0.5, 0.6) is 17.2 Å². The average Bonchev–Trinajstić information content (AvgIpc) is 2.65. The van der Waals surface area contributed by atoms with E-state index in [0.717, 1.165) is 5.75 Å². The molecule has 0 aliphatic rings. The van der Waals surface area contributed by atoms with E-state index >= 15 is 0 Å². The molecular weight excluding hydrogens is 373 g/mol. The Hall–Kier alpha value is -2.69. The number of carbonyl (C=O) groups is 1. The molecule has 0 unspecified atom stereocenters. The lowest BCUT2D eigenvalue weighted by Crippen LogP contribution is -2.20. The Kier molecular flexibility index (Phi) is 6.00. The molecule has 0 aliphatic heterocycles. The molecule has 26 heavy (non-hydrogen) atoms. The molecule has 3 aromatic rings. The maximum Gasteiger partial charge on any atom is 0.262 e. The summed E-state index contributed by atoms with van der Waals surface area (Å²) in [6.07, 6.45) is 0. The zero-order valence-corrected chi connectivity index (χ0v) is 15.1. The maximum atomic E-state index is 12.0. The van der Waals surface area contributed by atoms with Gasteiger partial charge in [0.05, 0.1) is 10.0 Å². The number of nitrogens with one attached hydrogen (secondary N) is 1. The molecule has 1 N–H and O–H groups in total. The lowest BCUT2D eigenvalue weighted by Gasteiger charge is -2.09. The van der Waals surface area contributed by atoms with Crippen LogP contribution in [0.3, 0.4) is 0 Å². The summed E-state index contributed by atoms with van der Waals surface area (Å²) < 4.78 is 11.1. The molecule has 4 nitrogen and oxygen atoms in total. The largest absolute Gasteiger partial charge is 0.484 e. The van der Waals surface area contributed by atoms with Crippen molar-refractivity contribution in [2.45, 2.75) is 0 Å². The van der Waals surface area contributed by atoms with E-state index in [4.69, 9.17) is 32.7 Å². The predicted molar refractivity (Wildman–Crippen MR) is 104 cm³/mol. The Bertz CT molecular complexity index is 883. The van der Waals surface area contributed by atoms with Gasteiger partial charge < -0.3 is 14.8 Å². The second-order valence-corrected chi connectivity index (χ2v) is 6.17. The van der Waals surface area contributed by atoms with Gasteiger partial charge in [0.2, 0.25) is 0 Å². The van der Waals surface area contributed by atoms with Crippen molar-refractivity contribution in [3.63, 3.8) is 0 Å². The lowest BCUT2D eigenvalue weighted by atomic mass is 10.3. The second-order valence-electron chi connectivity index (χ2n) is 5.35. The summed E-state index contributed by atoms with van der Waals surface area (Å²) in [6, 6.07) is 21.4. The summed E-state index contributed by atoms with van der Waals surface area (Å²) >= 11 is 11.7. The quantitative estimate of drug-likeness (QED) is 0.580. The molecule has 3 rings (SSSR count). The molecule has 0 aromatic heterocycles. The van der Waals surface area contributed by atoms with E-state index in [-0.39, 0.29) is 12.5 Å². The smallest absolute Gasteiger partial charge is 0.262 e. The van der Waals surface area contributed by atoms with Crippen LogP contribution >= 0.6 is 23.2 Å². The molecule has 3 aromatic carbocycles. The Morgan fingerprint density at radius 3 is 2.15 bits per heavy atom. The van der Waals surface area contributed by atoms with Crippen molar-refractivity contribution in [3.05, 3.63) is 82.8 Å². The first-order valence-corrected chi connectivity index (χ1v) is 8.56. The van der Waals surface area contributed by atoms with Crippen molar-refractivity contribution >= 4 is 34.8 Å². The number of rotatable bonds is 6. The van der Waals surface area contributed by atoms with Gasteiger partial charge in [-0.2, -0.15) is 0 Å². The lowest BCUT2D eigenvalue weighted by molar-refractivity contribution is -0.118. The SMILES string of the molecule is O=C(COc1ccc(Cl)c(Cl)c1)Nc1ccc(Oc2ccccc2)cc1. The topological polar surface area (TPSA) is 47.6 Å². The van der Waals surface area contributed by atoms with Crippen LogP contribution in [0.15, 0.2) is 72.8 Å². The third-order valence-corrected chi connectivity index (χ3v) is 4.12. The fourth-order valence-corrected chi connectivity index (χ4v) is 2.43. The molecule has 0 spiro atoms. The number of carbonyl (C=O) groups excluding carboxylic acids is 1. The highest BCUT2D eigenvalue weighted by atomic mass is 35.5. The van der Waals surface area contributed by atoms with Gasteiger partial charge in [-0.15, -0.1) is 0 Å².